The average Bonchev–Trinajstić information content (AvgIpc) is 2.13. The molecular formula is C8H8Cl2N2O4. The van der Waals surface area contributed by atoms with Crippen LogP contribution in [0.3, 0.4) is 0 Å². The van der Waals surface area contributed by atoms with Gasteiger partial charge in [0.25, 0.3) is 0 Å². The monoisotopic (exact) mass is 266 g/mol. The van der Waals surface area contributed by atoms with Gasteiger partial charge in [0.05, 0.1) is 11.3 Å². The first kappa shape index (κ1) is 13.0. The van der Waals surface area contributed by atoms with Crippen molar-refractivity contribution in [3.8, 4) is 0 Å². The molecule has 0 spiro atoms. The van der Waals surface area contributed by atoms with Gasteiger partial charge in [-0.3, -0.25) is 20.6 Å². The van der Waals surface area contributed by atoms with Crippen LogP contribution in [0, 0.1) is 16.0 Å². The van der Waals surface area contributed by atoms with Crippen LogP contribution in [0.25, 0.3) is 0 Å². The molecule has 0 aromatic rings. The molecule has 0 aromatic carbocycles. The molecule has 0 amide bonds. The SMILES string of the molecule is NC1([N+](=O)[O-])C=C(Cl)C(CC(=O)O)C=C1Cl. The molecule has 0 saturated carbocycles. The highest BCUT2D eigenvalue weighted by Gasteiger charge is 2.44. The van der Waals surface area contributed by atoms with Gasteiger partial charge in [-0.1, -0.05) is 29.3 Å². The van der Waals surface area contributed by atoms with Gasteiger partial charge in [-0.15, -0.1) is 0 Å². The highest BCUT2D eigenvalue weighted by Crippen LogP contribution is 2.35. The number of nitrogens with two attached hydrogens (primary N) is 1. The fraction of sp³-hybridized carbons (Fsp3) is 0.375. The lowest BCUT2D eigenvalue weighted by Crippen LogP contribution is -2.48. The molecule has 0 aliphatic heterocycles. The van der Waals surface area contributed by atoms with E-state index in [0.29, 0.717) is 0 Å². The van der Waals surface area contributed by atoms with Crippen LogP contribution in [-0.2, 0) is 4.79 Å². The van der Waals surface area contributed by atoms with Gasteiger partial charge in [0.2, 0.25) is 0 Å². The second-order valence-corrected chi connectivity index (χ2v) is 4.17. The van der Waals surface area contributed by atoms with Crippen molar-refractivity contribution < 1.29 is 14.8 Å². The summed E-state index contributed by atoms with van der Waals surface area (Å²) >= 11 is 11.4. The predicted molar refractivity (Wildman–Crippen MR) is 57.5 cm³/mol. The molecule has 3 N–H and O–H groups in total. The first-order valence-corrected chi connectivity index (χ1v) is 4.94. The lowest BCUT2D eigenvalue weighted by atomic mass is 9.94. The van der Waals surface area contributed by atoms with Gasteiger partial charge in [-0.25, -0.2) is 0 Å². The van der Waals surface area contributed by atoms with Crippen molar-refractivity contribution in [2.75, 3.05) is 0 Å². The average molecular weight is 267 g/mol. The third kappa shape index (κ3) is 2.34. The summed E-state index contributed by atoms with van der Waals surface area (Å²) in [6.07, 6.45) is 1.87. The minimum absolute atomic E-state index is 0.00556. The van der Waals surface area contributed by atoms with Crippen LogP contribution in [-0.4, -0.2) is 21.7 Å². The number of halogens is 2. The van der Waals surface area contributed by atoms with Crippen molar-refractivity contribution in [2.24, 2.45) is 11.7 Å². The Bertz CT molecular complexity index is 407. The molecule has 6 nitrogen and oxygen atoms in total. The minimum atomic E-state index is -2.06. The number of hydrogen-bond donors (Lipinski definition) is 2. The molecule has 0 aromatic heterocycles. The van der Waals surface area contributed by atoms with E-state index in [4.69, 9.17) is 34.0 Å². The fourth-order valence-corrected chi connectivity index (χ4v) is 1.84. The van der Waals surface area contributed by atoms with Gasteiger partial charge in [-0.2, -0.15) is 0 Å². The zero-order valence-corrected chi connectivity index (χ0v) is 9.40. The van der Waals surface area contributed by atoms with E-state index in [2.05, 4.69) is 0 Å². The summed E-state index contributed by atoms with van der Waals surface area (Å²) in [5.74, 6) is -1.76. The number of aliphatic carboxylic acids is 1. The highest BCUT2D eigenvalue weighted by molar-refractivity contribution is 6.33. The Hall–Kier alpha value is -1.11. The molecule has 0 radical (unpaired) electrons. The maximum Gasteiger partial charge on any atom is 0.328 e. The van der Waals surface area contributed by atoms with E-state index >= 15 is 0 Å². The van der Waals surface area contributed by atoms with Gasteiger partial charge >= 0.3 is 11.6 Å². The van der Waals surface area contributed by atoms with E-state index < -0.39 is 22.5 Å². The number of rotatable bonds is 3. The first-order chi connectivity index (χ1) is 7.27. The number of carboxylic acid groups (broad SMARTS) is 1. The molecule has 2 atom stereocenters. The number of nitrogens with zero attached hydrogens (tertiary/aromatic N) is 1. The van der Waals surface area contributed by atoms with Crippen molar-refractivity contribution in [2.45, 2.75) is 12.1 Å². The molecule has 0 saturated heterocycles. The third-order valence-corrected chi connectivity index (χ3v) is 2.96. The lowest BCUT2D eigenvalue weighted by molar-refractivity contribution is -0.541. The Kier molecular flexibility index (Phi) is 3.57. The molecule has 8 heteroatoms. The molecule has 1 aliphatic carbocycles. The van der Waals surface area contributed by atoms with Crippen LogP contribution in [0.15, 0.2) is 22.2 Å². The standard InChI is InChI=1S/C8H8Cl2N2O4/c9-5-3-8(11,12(15)16)6(10)1-4(5)2-7(13)14/h1,3-4H,2,11H2,(H,13,14). The fourth-order valence-electron chi connectivity index (χ4n) is 1.26. The van der Waals surface area contributed by atoms with E-state index in [-0.39, 0.29) is 16.5 Å². The number of hydrogen-bond acceptors (Lipinski definition) is 4. The maximum atomic E-state index is 10.7. The zero-order valence-electron chi connectivity index (χ0n) is 7.89. The second kappa shape index (κ2) is 4.40. The van der Waals surface area contributed by atoms with E-state index in [9.17, 15) is 14.9 Å². The summed E-state index contributed by atoms with van der Waals surface area (Å²) in [7, 11) is 0. The molecule has 1 rings (SSSR count). The van der Waals surface area contributed by atoms with Crippen LogP contribution in [0.4, 0.5) is 0 Å². The molecule has 0 fully saturated rings. The van der Waals surface area contributed by atoms with Crippen molar-refractivity contribution in [3.63, 3.8) is 0 Å². The zero-order chi connectivity index (χ0) is 12.5. The molecule has 16 heavy (non-hydrogen) atoms. The minimum Gasteiger partial charge on any atom is -0.481 e. The Morgan fingerprint density at radius 2 is 2.25 bits per heavy atom. The van der Waals surface area contributed by atoms with Gasteiger partial charge in [0.15, 0.2) is 0 Å². The number of allylic oxidation sites excluding steroid dienone is 2. The second-order valence-electron chi connectivity index (χ2n) is 3.33. The molecule has 0 heterocycles. The smallest absolute Gasteiger partial charge is 0.328 e. The molecule has 2 unspecified atom stereocenters. The van der Waals surface area contributed by atoms with E-state index in [0.717, 1.165) is 6.08 Å². The van der Waals surface area contributed by atoms with Crippen molar-refractivity contribution in [1.82, 2.24) is 0 Å². The van der Waals surface area contributed by atoms with Crippen LogP contribution >= 0.6 is 23.2 Å². The van der Waals surface area contributed by atoms with Crippen LogP contribution in [0.5, 0.6) is 0 Å². The van der Waals surface area contributed by atoms with E-state index in [1.54, 1.807) is 0 Å². The molecule has 88 valence electrons. The quantitative estimate of drug-likeness (QED) is 0.455. The van der Waals surface area contributed by atoms with E-state index in [1.165, 1.54) is 6.08 Å². The van der Waals surface area contributed by atoms with Crippen molar-refractivity contribution in [3.05, 3.63) is 32.3 Å². The maximum absolute atomic E-state index is 10.7. The Balaban J connectivity index is 3.05. The predicted octanol–water partition coefficient (Wildman–Crippen LogP) is 1.27. The number of nitro groups is 1. The largest absolute Gasteiger partial charge is 0.481 e. The van der Waals surface area contributed by atoms with Gasteiger partial charge in [0.1, 0.15) is 5.03 Å². The van der Waals surface area contributed by atoms with Gasteiger partial charge < -0.3 is 5.11 Å². The highest BCUT2D eigenvalue weighted by atomic mass is 35.5. The van der Waals surface area contributed by atoms with Crippen LogP contribution in [0.2, 0.25) is 0 Å². The summed E-state index contributed by atoms with van der Waals surface area (Å²) in [6.45, 7) is 0. The third-order valence-electron chi connectivity index (χ3n) is 2.14. The number of carboxylic acids is 1. The van der Waals surface area contributed by atoms with Gasteiger partial charge in [0, 0.05) is 17.0 Å². The topological polar surface area (TPSA) is 106 Å². The molecule has 1 aliphatic rings. The van der Waals surface area contributed by atoms with Gasteiger partial charge in [-0.05, 0) is 0 Å². The molecular weight excluding hydrogens is 259 g/mol. The normalized spacial score (nSPS) is 29.3. The van der Waals surface area contributed by atoms with E-state index in [1.807, 2.05) is 0 Å². The molecule has 0 bridgehead atoms. The van der Waals surface area contributed by atoms with Crippen LogP contribution < -0.4 is 5.73 Å². The first-order valence-electron chi connectivity index (χ1n) is 4.18. The number of carbonyl (C=O) groups is 1. The lowest BCUT2D eigenvalue weighted by Gasteiger charge is -2.23. The summed E-state index contributed by atoms with van der Waals surface area (Å²) < 4.78 is 0. The van der Waals surface area contributed by atoms with Crippen molar-refractivity contribution >= 4 is 29.2 Å². The summed E-state index contributed by atoms with van der Waals surface area (Å²) in [5.41, 5.74) is 3.36. The summed E-state index contributed by atoms with van der Waals surface area (Å²) in [4.78, 5) is 20.4. The van der Waals surface area contributed by atoms with Crippen molar-refractivity contribution in [1.29, 1.82) is 0 Å². The van der Waals surface area contributed by atoms with Crippen LogP contribution in [0.1, 0.15) is 6.42 Å². The summed E-state index contributed by atoms with van der Waals surface area (Å²) in [6, 6.07) is 0. The Morgan fingerprint density at radius 3 is 2.69 bits per heavy atom. The summed E-state index contributed by atoms with van der Waals surface area (Å²) in [5, 5.41) is 19.0. The Morgan fingerprint density at radius 1 is 1.69 bits per heavy atom. The Labute approximate surface area is 100 Å².